The molecule has 0 amide bonds. The van der Waals surface area contributed by atoms with Crippen LogP contribution in [0.25, 0.3) is 0 Å². The molecule has 0 bridgehead atoms. The molecule has 1 aromatic heterocycles. The number of hydrogen-bond acceptors (Lipinski definition) is 5. The van der Waals surface area contributed by atoms with Crippen LogP contribution < -0.4 is 10.2 Å². The lowest BCUT2D eigenvalue weighted by atomic mass is 9.98. The molecule has 3 rings (SSSR count). The summed E-state index contributed by atoms with van der Waals surface area (Å²) in [4.78, 5) is 8.96. The van der Waals surface area contributed by atoms with Crippen molar-refractivity contribution in [1.29, 1.82) is 0 Å². The first-order valence-corrected chi connectivity index (χ1v) is 8.85. The molecular weight excluding hydrogens is 262 g/mol. The number of thioether (sulfide) groups is 1. The van der Waals surface area contributed by atoms with E-state index >= 15 is 0 Å². The van der Waals surface area contributed by atoms with E-state index in [4.69, 9.17) is 4.98 Å². The third-order valence-electron chi connectivity index (χ3n) is 3.78. The molecule has 5 heteroatoms. The smallest absolute Gasteiger partial charge is 0.185 e. The second kappa shape index (κ2) is 5.80. The number of nitrogens with zero attached hydrogens (tertiary/aromatic N) is 2. The maximum Gasteiger partial charge on any atom is 0.185 e. The summed E-state index contributed by atoms with van der Waals surface area (Å²) in [7, 11) is 2.06. The SMILES string of the molecule is CNC1CCCc2sc(N3CCCSCC3)nc21. The number of nitrogens with one attached hydrogen (secondary N) is 1. The molecule has 3 nitrogen and oxygen atoms in total. The predicted octanol–water partition coefficient (Wildman–Crippen LogP) is 2.68. The Balaban J connectivity index is 1.82. The molecule has 1 unspecified atom stereocenters. The molecule has 1 N–H and O–H groups in total. The molecule has 0 saturated carbocycles. The zero-order valence-electron chi connectivity index (χ0n) is 10.9. The van der Waals surface area contributed by atoms with Gasteiger partial charge in [-0.2, -0.15) is 11.8 Å². The molecule has 1 fully saturated rings. The third kappa shape index (κ3) is 2.53. The number of hydrogen-bond donors (Lipinski definition) is 1. The minimum atomic E-state index is 0.486. The van der Waals surface area contributed by atoms with Gasteiger partial charge in [-0.3, -0.25) is 0 Å². The van der Waals surface area contributed by atoms with E-state index in [1.807, 2.05) is 11.3 Å². The molecule has 0 radical (unpaired) electrons. The highest BCUT2D eigenvalue weighted by atomic mass is 32.2. The highest BCUT2D eigenvalue weighted by Crippen LogP contribution is 2.36. The van der Waals surface area contributed by atoms with Crippen LogP contribution in [-0.4, -0.2) is 36.6 Å². The van der Waals surface area contributed by atoms with E-state index in [0.717, 1.165) is 0 Å². The summed E-state index contributed by atoms with van der Waals surface area (Å²) in [5.41, 5.74) is 1.33. The van der Waals surface area contributed by atoms with E-state index in [1.54, 1.807) is 0 Å². The molecule has 100 valence electrons. The van der Waals surface area contributed by atoms with Crippen LogP contribution in [0.5, 0.6) is 0 Å². The van der Waals surface area contributed by atoms with Gasteiger partial charge in [-0.05, 0) is 38.5 Å². The Kier molecular flexibility index (Phi) is 4.11. The topological polar surface area (TPSA) is 28.2 Å². The van der Waals surface area contributed by atoms with Crippen molar-refractivity contribution in [2.75, 3.05) is 36.5 Å². The van der Waals surface area contributed by atoms with Crippen molar-refractivity contribution in [2.45, 2.75) is 31.7 Å². The van der Waals surface area contributed by atoms with Crippen molar-refractivity contribution in [3.8, 4) is 0 Å². The lowest BCUT2D eigenvalue weighted by Gasteiger charge is -2.20. The fourth-order valence-corrected chi connectivity index (χ4v) is 4.86. The van der Waals surface area contributed by atoms with Crippen molar-refractivity contribution >= 4 is 28.2 Å². The molecule has 2 aliphatic rings. The summed E-state index contributed by atoms with van der Waals surface area (Å²) >= 11 is 4.01. The molecule has 1 aliphatic carbocycles. The van der Waals surface area contributed by atoms with E-state index in [1.165, 1.54) is 66.0 Å². The Bertz CT molecular complexity index is 397. The number of rotatable bonds is 2. The predicted molar refractivity (Wildman–Crippen MR) is 81.0 cm³/mol. The van der Waals surface area contributed by atoms with Gasteiger partial charge in [-0.25, -0.2) is 4.98 Å². The number of fused-ring (bicyclic) bond motifs is 1. The van der Waals surface area contributed by atoms with Gasteiger partial charge in [0.1, 0.15) is 0 Å². The van der Waals surface area contributed by atoms with Gasteiger partial charge in [0, 0.05) is 23.7 Å². The summed E-state index contributed by atoms with van der Waals surface area (Å²) in [5.74, 6) is 2.56. The first-order chi connectivity index (χ1) is 8.88. The first kappa shape index (κ1) is 12.8. The van der Waals surface area contributed by atoms with Crippen LogP contribution >= 0.6 is 23.1 Å². The van der Waals surface area contributed by atoms with E-state index in [2.05, 4.69) is 29.0 Å². The second-order valence-electron chi connectivity index (χ2n) is 4.99. The lowest BCUT2D eigenvalue weighted by molar-refractivity contribution is 0.489. The Morgan fingerprint density at radius 1 is 1.28 bits per heavy atom. The molecule has 1 saturated heterocycles. The summed E-state index contributed by atoms with van der Waals surface area (Å²) in [5, 5.41) is 4.68. The molecule has 0 aromatic carbocycles. The number of anilines is 1. The Morgan fingerprint density at radius 3 is 3.11 bits per heavy atom. The Labute approximate surface area is 117 Å². The average molecular weight is 283 g/mol. The van der Waals surface area contributed by atoms with Gasteiger partial charge in [0.05, 0.1) is 11.7 Å². The molecular formula is C13H21N3S2. The monoisotopic (exact) mass is 283 g/mol. The summed E-state index contributed by atoms with van der Waals surface area (Å²) in [6.07, 6.45) is 5.07. The van der Waals surface area contributed by atoms with E-state index < -0.39 is 0 Å². The molecule has 1 atom stereocenters. The average Bonchev–Trinajstić information content (AvgIpc) is 2.65. The highest BCUT2D eigenvalue weighted by molar-refractivity contribution is 7.99. The van der Waals surface area contributed by atoms with Crippen molar-refractivity contribution in [2.24, 2.45) is 0 Å². The zero-order valence-corrected chi connectivity index (χ0v) is 12.6. The molecule has 1 aliphatic heterocycles. The largest absolute Gasteiger partial charge is 0.347 e. The molecule has 1 aromatic rings. The van der Waals surface area contributed by atoms with Crippen LogP contribution in [0.2, 0.25) is 0 Å². The normalized spacial score (nSPS) is 24.7. The highest BCUT2D eigenvalue weighted by Gasteiger charge is 2.25. The molecule has 18 heavy (non-hydrogen) atoms. The fraction of sp³-hybridized carbons (Fsp3) is 0.769. The third-order valence-corrected chi connectivity index (χ3v) is 6.02. The quantitative estimate of drug-likeness (QED) is 0.903. The van der Waals surface area contributed by atoms with E-state index in [-0.39, 0.29) is 0 Å². The van der Waals surface area contributed by atoms with Crippen molar-refractivity contribution in [3.63, 3.8) is 0 Å². The van der Waals surface area contributed by atoms with Gasteiger partial charge in [0.15, 0.2) is 5.13 Å². The minimum Gasteiger partial charge on any atom is -0.347 e. The Morgan fingerprint density at radius 2 is 2.22 bits per heavy atom. The summed E-state index contributed by atoms with van der Waals surface area (Å²) in [6.45, 7) is 2.35. The van der Waals surface area contributed by atoms with Gasteiger partial charge in [-0.15, -0.1) is 11.3 Å². The van der Waals surface area contributed by atoms with Gasteiger partial charge in [0.25, 0.3) is 0 Å². The van der Waals surface area contributed by atoms with Crippen molar-refractivity contribution in [3.05, 3.63) is 10.6 Å². The Hall–Kier alpha value is -0.260. The molecule has 0 spiro atoms. The van der Waals surface area contributed by atoms with Crippen LogP contribution in [-0.2, 0) is 6.42 Å². The summed E-state index contributed by atoms with van der Waals surface area (Å²) < 4.78 is 0. The van der Waals surface area contributed by atoms with Gasteiger partial charge in [0.2, 0.25) is 0 Å². The standard InChI is InChI=1S/C13H21N3S2/c1-14-10-4-2-5-11-12(10)15-13(18-11)16-6-3-8-17-9-7-16/h10,14H,2-9H2,1H3. The maximum absolute atomic E-state index is 4.94. The van der Waals surface area contributed by atoms with Crippen molar-refractivity contribution < 1.29 is 0 Å². The zero-order chi connectivity index (χ0) is 12.4. The first-order valence-electron chi connectivity index (χ1n) is 6.88. The van der Waals surface area contributed by atoms with Gasteiger partial charge in [-0.1, -0.05) is 0 Å². The van der Waals surface area contributed by atoms with Crippen LogP contribution in [0, 0.1) is 0 Å². The van der Waals surface area contributed by atoms with Gasteiger partial charge < -0.3 is 10.2 Å². The second-order valence-corrected chi connectivity index (χ2v) is 7.28. The van der Waals surface area contributed by atoms with Crippen LogP contribution in [0.1, 0.15) is 35.9 Å². The van der Waals surface area contributed by atoms with Crippen molar-refractivity contribution in [1.82, 2.24) is 10.3 Å². The van der Waals surface area contributed by atoms with Crippen LogP contribution in [0.4, 0.5) is 5.13 Å². The lowest BCUT2D eigenvalue weighted by Crippen LogP contribution is -2.25. The number of aryl methyl sites for hydroxylation is 1. The van der Waals surface area contributed by atoms with Gasteiger partial charge >= 0.3 is 0 Å². The van der Waals surface area contributed by atoms with E-state index in [9.17, 15) is 0 Å². The van der Waals surface area contributed by atoms with Crippen LogP contribution in [0.15, 0.2) is 0 Å². The summed E-state index contributed by atoms with van der Waals surface area (Å²) in [6, 6.07) is 0.486. The maximum atomic E-state index is 4.94. The number of thiazole rings is 1. The van der Waals surface area contributed by atoms with E-state index in [0.29, 0.717) is 6.04 Å². The minimum absolute atomic E-state index is 0.486. The van der Waals surface area contributed by atoms with Crippen LogP contribution in [0.3, 0.4) is 0 Å². The number of aromatic nitrogens is 1. The molecule has 2 heterocycles. The fourth-order valence-electron chi connectivity index (χ4n) is 2.76.